The maximum atomic E-state index is 9.35. The van der Waals surface area contributed by atoms with Gasteiger partial charge in [0.15, 0.2) is 0 Å². The number of nitrogens with zero attached hydrogens (tertiary/aromatic N) is 1. The molecule has 0 saturated heterocycles. The van der Waals surface area contributed by atoms with Gasteiger partial charge in [-0.25, -0.2) is 0 Å². The molecule has 4 heteroatoms. The van der Waals surface area contributed by atoms with E-state index in [1.807, 2.05) is 42.5 Å². The third-order valence-corrected chi connectivity index (χ3v) is 3.79. The predicted octanol–water partition coefficient (Wildman–Crippen LogP) is 2.83. The molecule has 1 unspecified atom stereocenters. The van der Waals surface area contributed by atoms with E-state index >= 15 is 0 Å². The second-order valence-electron chi connectivity index (χ2n) is 4.98. The minimum atomic E-state index is 0.0645. The average Bonchev–Trinajstić information content (AvgIpc) is 2.51. The average molecular weight is 305 g/mol. The molecule has 2 aromatic carbocycles. The molecule has 21 heavy (non-hydrogen) atoms. The van der Waals surface area contributed by atoms with Crippen LogP contribution in [0, 0.1) is 0 Å². The van der Waals surface area contributed by atoms with E-state index in [4.69, 9.17) is 17.3 Å². The molecule has 0 aliphatic carbocycles. The van der Waals surface area contributed by atoms with Crippen molar-refractivity contribution in [2.24, 2.45) is 5.73 Å². The quantitative estimate of drug-likeness (QED) is 0.827. The number of benzene rings is 2. The van der Waals surface area contributed by atoms with Gasteiger partial charge in [-0.1, -0.05) is 54.1 Å². The molecule has 3 nitrogen and oxygen atoms in total. The van der Waals surface area contributed by atoms with Crippen LogP contribution in [0.25, 0.3) is 0 Å². The van der Waals surface area contributed by atoms with Crippen LogP contribution in [0.4, 0.5) is 0 Å². The van der Waals surface area contributed by atoms with Crippen molar-refractivity contribution in [2.45, 2.75) is 12.6 Å². The van der Waals surface area contributed by atoms with E-state index in [0.29, 0.717) is 18.1 Å². The first-order valence-corrected chi connectivity index (χ1v) is 7.46. The zero-order valence-electron chi connectivity index (χ0n) is 12.0. The van der Waals surface area contributed by atoms with Gasteiger partial charge >= 0.3 is 0 Å². The Labute approximate surface area is 131 Å². The molecule has 0 bridgehead atoms. The Hall–Kier alpha value is -1.39. The van der Waals surface area contributed by atoms with Crippen molar-refractivity contribution >= 4 is 11.6 Å². The lowest BCUT2D eigenvalue weighted by molar-refractivity contribution is 0.146. The molecule has 0 heterocycles. The van der Waals surface area contributed by atoms with Crippen LogP contribution < -0.4 is 5.73 Å². The van der Waals surface area contributed by atoms with E-state index < -0.39 is 0 Å². The van der Waals surface area contributed by atoms with E-state index in [1.54, 1.807) is 0 Å². The lowest BCUT2D eigenvalue weighted by Gasteiger charge is -2.31. The van der Waals surface area contributed by atoms with Gasteiger partial charge in [0.1, 0.15) is 0 Å². The van der Waals surface area contributed by atoms with Crippen molar-refractivity contribution in [2.75, 3.05) is 19.7 Å². The molecular formula is C17H21ClN2O. The molecule has 112 valence electrons. The van der Waals surface area contributed by atoms with Gasteiger partial charge in [0.2, 0.25) is 0 Å². The Morgan fingerprint density at radius 1 is 1.05 bits per heavy atom. The Balaban J connectivity index is 2.19. The Kier molecular flexibility index (Phi) is 6.21. The molecule has 2 rings (SSSR count). The largest absolute Gasteiger partial charge is 0.395 e. The zero-order chi connectivity index (χ0) is 15.1. The number of aliphatic hydroxyl groups is 1. The Morgan fingerprint density at radius 3 is 2.29 bits per heavy atom. The summed E-state index contributed by atoms with van der Waals surface area (Å²) >= 11 is 5.95. The van der Waals surface area contributed by atoms with E-state index in [1.165, 1.54) is 5.56 Å². The maximum absolute atomic E-state index is 9.35. The normalized spacial score (nSPS) is 12.6. The molecule has 3 N–H and O–H groups in total. The summed E-state index contributed by atoms with van der Waals surface area (Å²) in [7, 11) is 0. The van der Waals surface area contributed by atoms with Gasteiger partial charge in [0.05, 0.1) is 6.61 Å². The summed E-state index contributed by atoms with van der Waals surface area (Å²) in [5.74, 6) is 0. The molecular weight excluding hydrogens is 284 g/mol. The Morgan fingerprint density at radius 2 is 1.71 bits per heavy atom. The lowest BCUT2D eigenvalue weighted by Crippen LogP contribution is -2.35. The topological polar surface area (TPSA) is 49.5 Å². The lowest BCUT2D eigenvalue weighted by atomic mass is 10.0. The van der Waals surface area contributed by atoms with Crippen LogP contribution in [0.3, 0.4) is 0 Å². The van der Waals surface area contributed by atoms with E-state index in [-0.39, 0.29) is 12.6 Å². The minimum Gasteiger partial charge on any atom is -0.395 e. The van der Waals surface area contributed by atoms with Crippen LogP contribution >= 0.6 is 11.6 Å². The zero-order valence-corrected chi connectivity index (χ0v) is 12.7. The standard InChI is InChI=1S/C17H21ClN2O/c18-16-8-6-15(7-9-16)17(12-19)20(10-11-21)13-14-4-2-1-3-5-14/h1-9,17,21H,10-13,19H2. The fourth-order valence-corrected chi connectivity index (χ4v) is 2.60. The van der Waals surface area contributed by atoms with Gasteiger partial charge in [0.25, 0.3) is 0 Å². The molecule has 0 saturated carbocycles. The van der Waals surface area contributed by atoms with Crippen molar-refractivity contribution < 1.29 is 5.11 Å². The van der Waals surface area contributed by atoms with Crippen molar-refractivity contribution in [1.29, 1.82) is 0 Å². The van der Waals surface area contributed by atoms with Crippen molar-refractivity contribution in [3.63, 3.8) is 0 Å². The smallest absolute Gasteiger partial charge is 0.0558 e. The number of nitrogens with two attached hydrogens (primary N) is 1. The van der Waals surface area contributed by atoms with Gasteiger partial charge in [-0.15, -0.1) is 0 Å². The summed E-state index contributed by atoms with van der Waals surface area (Å²) in [4.78, 5) is 2.19. The summed E-state index contributed by atoms with van der Waals surface area (Å²) in [5, 5.41) is 10.1. The van der Waals surface area contributed by atoms with E-state index in [9.17, 15) is 5.11 Å². The summed E-state index contributed by atoms with van der Waals surface area (Å²) in [6.45, 7) is 1.94. The molecule has 0 spiro atoms. The summed E-state index contributed by atoms with van der Waals surface area (Å²) in [6.07, 6.45) is 0. The summed E-state index contributed by atoms with van der Waals surface area (Å²) < 4.78 is 0. The second kappa shape index (κ2) is 8.15. The SMILES string of the molecule is NCC(c1ccc(Cl)cc1)N(CCO)Cc1ccccc1. The fraction of sp³-hybridized carbons (Fsp3) is 0.294. The third kappa shape index (κ3) is 4.55. The molecule has 0 aliphatic rings. The highest BCUT2D eigenvalue weighted by molar-refractivity contribution is 6.30. The third-order valence-electron chi connectivity index (χ3n) is 3.53. The number of halogens is 1. The highest BCUT2D eigenvalue weighted by atomic mass is 35.5. The summed E-state index contributed by atoms with van der Waals surface area (Å²) in [6, 6.07) is 18.0. The molecule has 0 amide bonds. The van der Waals surface area contributed by atoms with Crippen LogP contribution in [-0.2, 0) is 6.54 Å². The van der Waals surface area contributed by atoms with Crippen LogP contribution in [0.1, 0.15) is 17.2 Å². The number of hydrogen-bond donors (Lipinski definition) is 2. The van der Waals surface area contributed by atoms with Gasteiger partial charge in [-0.05, 0) is 23.3 Å². The van der Waals surface area contributed by atoms with Gasteiger partial charge in [0, 0.05) is 30.7 Å². The van der Waals surface area contributed by atoms with Gasteiger partial charge in [-0.2, -0.15) is 0 Å². The van der Waals surface area contributed by atoms with Crippen molar-refractivity contribution in [1.82, 2.24) is 4.90 Å². The first kappa shape index (κ1) is 16.0. The van der Waals surface area contributed by atoms with E-state index in [2.05, 4.69) is 17.0 Å². The molecule has 0 aromatic heterocycles. The molecule has 0 fully saturated rings. The van der Waals surface area contributed by atoms with Gasteiger partial charge < -0.3 is 10.8 Å². The number of hydrogen-bond acceptors (Lipinski definition) is 3. The molecule has 0 aliphatic heterocycles. The predicted molar refractivity (Wildman–Crippen MR) is 87.2 cm³/mol. The molecule has 1 atom stereocenters. The molecule has 2 aromatic rings. The maximum Gasteiger partial charge on any atom is 0.0558 e. The highest BCUT2D eigenvalue weighted by Gasteiger charge is 2.18. The van der Waals surface area contributed by atoms with Crippen LogP contribution in [-0.4, -0.2) is 29.7 Å². The monoisotopic (exact) mass is 304 g/mol. The van der Waals surface area contributed by atoms with Crippen molar-refractivity contribution in [3.05, 3.63) is 70.7 Å². The summed E-state index contributed by atoms with van der Waals surface area (Å²) in [5.41, 5.74) is 8.30. The number of rotatable bonds is 7. The minimum absolute atomic E-state index is 0.0645. The van der Waals surface area contributed by atoms with Crippen LogP contribution in [0.5, 0.6) is 0 Å². The highest BCUT2D eigenvalue weighted by Crippen LogP contribution is 2.23. The van der Waals surface area contributed by atoms with Crippen molar-refractivity contribution in [3.8, 4) is 0 Å². The van der Waals surface area contributed by atoms with Crippen LogP contribution in [0.2, 0.25) is 5.02 Å². The second-order valence-corrected chi connectivity index (χ2v) is 5.42. The fourth-order valence-electron chi connectivity index (χ4n) is 2.47. The van der Waals surface area contributed by atoms with E-state index in [0.717, 1.165) is 12.1 Å². The number of aliphatic hydroxyl groups excluding tert-OH is 1. The first-order valence-electron chi connectivity index (χ1n) is 7.09. The first-order chi connectivity index (χ1) is 10.2. The Bertz CT molecular complexity index is 530. The van der Waals surface area contributed by atoms with Crippen LogP contribution in [0.15, 0.2) is 54.6 Å². The molecule has 0 radical (unpaired) electrons. The van der Waals surface area contributed by atoms with Gasteiger partial charge in [-0.3, -0.25) is 4.90 Å².